The summed E-state index contributed by atoms with van der Waals surface area (Å²) in [5.74, 6) is -0.994. The predicted molar refractivity (Wildman–Crippen MR) is 127 cm³/mol. The average Bonchev–Trinajstić information content (AvgIpc) is 2.84. The molecule has 1 aromatic rings. The molecular formula is C28H42F2O3. The Bertz CT molecular complexity index is 735. The Labute approximate surface area is 198 Å². The summed E-state index contributed by atoms with van der Waals surface area (Å²) in [6, 6.07) is 2.63. The van der Waals surface area contributed by atoms with Crippen molar-refractivity contribution in [3.8, 4) is 11.5 Å². The third-order valence-corrected chi connectivity index (χ3v) is 7.86. The largest absolute Gasteiger partial charge is 0.490 e. The normalized spacial score (nSPS) is 25.6. The van der Waals surface area contributed by atoms with Gasteiger partial charge in [-0.2, -0.15) is 8.78 Å². The molecule has 3 rings (SSSR count). The first-order chi connectivity index (χ1) is 16.0. The van der Waals surface area contributed by atoms with Gasteiger partial charge in [-0.15, -0.1) is 0 Å². The van der Waals surface area contributed by atoms with Crippen LogP contribution < -0.4 is 9.47 Å². The van der Waals surface area contributed by atoms with Gasteiger partial charge in [0, 0.05) is 0 Å². The molecule has 2 aliphatic rings. The summed E-state index contributed by atoms with van der Waals surface area (Å²) in [6.07, 6.45) is 16.1. The number of benzene rings is 1. The van der Waals surface area contributed by atoms with Crippen molar-refractivity contribution in [2.24, 2.45) is 23.7 Å². The Morgan fingerprint density at radius 2 is 1.39 bits per heavy atom. The standard InChI is InChI=1S/C28H42F2O3/c1-3-5-7-8-20-9-11-21(12-10-20)22-13-15-23(16-14-22)28(31)33-25-18-17-24(26(29)27(25)30)32-19-6-4-2/h17-18,20-23H,3-16,19H2,1-2H3/t20-,21-,22-,23-. The smallest absolute Gasteiger partial charge is 0.314 e. The molecular weight excluding hydrogens is 422 g/mol. The summed E-state index contributed by atoms with van der Waals surface area (Å²) in [5, 5.41) is 0. The van der Waals surface area contributed by atoms with E-state index in [-0.39, 0.29) is 17.4 Å². The van der Waals surface area contributed by atoms with Gasteiger partial charge in [-0.25, -0.2) is 0 Å². The van der Waals surface area contributed by atoms with Crippen LogP contribution in [-0.2, 0) is 4.79 Å². The molecule has 1 aromatic carbocycles. The first-order valence-corrected chi connectivity index (χ1v) is 13.4. The highest BCUT2D eigenvalue weighted by Gasteiger charge is 2.34. The van der Waals surface area contributed by atoms with Gasteiger partial charge in [0.25, 0.3) is 0 Å². The van der Waals surface area contributed by atoms with Crippen molar-refractivity contribution in [3.63, 3.8) is 0 Å². The molecule has 2 fully saturated rings. The Kier molecular flexibility index (Phi) is 10.5. The fraction of sp³-hybridized carbons (Fsp3) is 0.750. The highest BCUT2D eigenvalue weighted by molar-refractivity contribution is 5.75. The van der Waals surface area contributed by atoms with Crippen LogP contribution >= 0.6 is 0 Å². The Morgan fingerprint density at radius 1 is 0.818 bits per heavy atom. The average molecular weight is 465 g/mol. The van der Waals surface area contributed by atoms with Gasteiger partial charge in [0.2, 0.25) is 11.6 Å². The van der Waals surface area contributed by atoms with Gasteiger partial charge < -0.3 is 9.47 Å². The predicted octanol–water partition coefficient (Wildman–Crippen LogP) is 8.24. The molecule has 0 N–H and O–H groups in total. The van der Waals surface area contributed by atoms with Crippen LogP contribution in [0.5, 0.6) is 11.5 Å². The number of unbranched alkanes of at least 4 members (excludes halogenated alkanes) is 3. The van der Waals surface area contributed by atoms with Crippen LogP contribution in [0.3, 0.4) is 0 Å². The van der Waals surface area contributed by atoms with Gasteiger partial charge in [0.05, 0.1) is 12.5 Å². The van der Waals surface area contributed by atoms with E-state index in [1.807, 2.05) is 6.92 Å². The highest BCUT2D eigenvalue weighted by Crippen LogP contribution is 2.42. The molecule has 2 saturated carbocycles. The lowest BCUT2D eigenvalue weighted by Gasteiger charge is -2.37. The maximum atomic E-state index is 14.4. The number of hydrogen-bond acceptors (Lipinski definition) is 3. The number of hydrogen-bond donors (Lipinski definition) is 0. The summed E-state index contributed by atoms with van der Waals surface area (Å²) < 4.78 is 39.2. The van der Waals surface area contributed by atoms with Gasteiger partial charge in [-0.05, 0) is 74.8 Å². The van der Waals surface area contributed by atoms with Crippen LogP contribution in [-0.4, -0.2) is 12.6 Å². The molecule has 2 aliphatic carbocycles. The fourth-order valence-electron chi connectivity index (χ4n) is 5.68. The second kappa shape index (κ2) is 13.3. The molecule has 5 heteroatoms. The molecule has 186 valence electrons. The lowest BCUT2D eigenvalue weighted by atomic mass is 9.68. The lowest BCUT2D eigenvalue weighted by molar-refractivity contribution is -0.140. The zero-order valence-corrected chi connectivity index (χ0v) is 20.6. The van der Waals surface area contributed by atoms with E-state index in [0.29, 0.717) is 12.5 Å². The first-order valence-electron chi connectivity index (χ1n) is 13.4. The fourth-order valence-corrected chi connectivity index (χ4v) is 5.68. The minimum absolute atomic E-state index is 0.138. The summed E-state index contributed by atoms with van der Waals surface area (Å²) in [6.45, 7) is 4.59. The molecule has 0 aromatic heterocycles. The molecule has 3 nitrogen and oxygen atoms in total. The van der Waals surface area contributed by atoms with Gasteiger partial charge in [0.15, 0.2) is 11.5 Å². The second-order valence-corrected chi connectivity index (χ2v) is 10.2. The maximum Gasteiger partial charge on any atom is 0.314 e. The molecule has 0 radical (unpaired) electrons. The van der Waals surface area contributed by atoms with Crippen LogP contribution in [0.4, 0.5) is 8.78 Å². The molecule has 33 heavy (non-hydrogen) atoms. The van der Waals surface area contributed by atoms with E-state index in [2.05, 4.69) is 6.92 Å². The maximum absolute atomic E-state index is 14.4. The molecule has 0 heterocycles. The van der Waals surface area contributed by atoms with E-state index < -0.39 is 17.6 Å². The third-order valence-electron chi connectivity index (χ3n) is 7.86. The van der Waals surface area contributed by atoms with Crippen LogP contribution in [0.2, 0.25) is 0 Å². The summed E-state index contributed by atoms with van der Waals surface area (Å²) in [7, 11) is 0. The van der Waals surface area contributed by atoms with Gasteiger partial charge in [0.1, 0.15) is 0 Å². The third kappa shape index (κ3) is 7.42. The molecule has 0 aliphatic heterocycles. The molecule has 0 amide bonds. The molecule has 0 atom stereocenters. The number of carbonyl (C=O) groups excluding carboxylic acids is 1. The number of halogens is 2. The summed E-state index contributed by atoms with van der Waals surface area (Å²) in [4.78, 5) is 12.6. The van der Waals surface area contributed by atoms with Crippen LogP contribution in [0.15, 0.2) is 12.1 Å². The van der Waals surface area contributed by atoms with E-state index in [0.717, 1.165) is 50.4 Å². The summed E-state index contributed by atoms with van der Waals surface area (Å²) >= 11 is 0. The van der Waals surface area contributed by atoms with Crippen molar-refractivity contribution in [1.82, 2.24) is 0 Å². The SMILES string of the molecule is CCCCC[C@H]1CC[C@H]([C@H]2CC[C@H](C(=O)Oc3ccc(OCCCC)c(F)c3F)CC2)CC1. The number of ether oxygens (including phenoxy) is 2. The minimum atomic E-state index is -1.15. The quantitative estimate of drug-likeness (QED) is 0.188. The van der Waals surface area contributed by atoms with E-state index in [1.54, 1.807) is 0 Å². The van der Waals surface area contributed by atoms with Gasteiger partial charge in [-0.1, -0.05) is 58.8 Å². The molecule has 0 spiro atoms. The van der Waals surface area contributed by atoms with Crippen molar-refractivity contribution in [1.29, 1.82) is 0 Å². The van der Waals surface area contributed by atoms with Crippen LogP contribution in [0, 0.1) is 35.3 Å². The Hall–Kier alpha value is -1.65. The Balaban J connectivity index is 1.43. The van der Waals surface area contributed by atoms with E-state index >= 15 is 0 Å². The zero-order valence-electron chi connectivity index (χ0n) is 20.6. The minimum Gasteiger partial charge on any atom is -0.490 e. The monoisotopic (exact) mass is 464 g/mol. The van der Waals surface area contributed by atoms with E-state index in [4.69, 9.17) is 9.47 Å². The Morgan fingerprint density at radius 3 is 2.03 bits per heavy atom. The second-order valence-electron chi connectivity index (χ2n) is 10.2. The first kappa shape index (κ1) is 26.0. The van der Waals surface area contributed by atoms with Gasteiger partial charge in [-0.3, -0.25) is 4.79 Å². The molecule has 0 saturated heterocycles. The van der Waals surface area contributed by atoms with Crippen molar-refractivity contribution < 1.29 is 23.0 Å². The topological polar surface area (TPSA) is 35.5 Å². The van der Waals surface area contributed by atoms with Crippen LogP contribution in [0.1, 0.15) is 104 Å². The number of carbonyl (C=O) groups is 1. The van der Waals surface area contributed by atoms with Gasteiger partial charge >= 0.3 is 5.97 Å². The van der Waals surface area contributed by atoms with Crippen molar-refractivity contribution in [2.45, 2.75) is 104 Å². The number of esters is 1. The molecule has 0 unspecified atom stereocenters. The van der Waals surface area contributed by atoms with E-state index in [9.17, 15) is 13.6 Å². The van der Waals surface area contributed by atoms with Crippen molar-refractivity contribution in [3.05, 3.63) is 23.8 Å². The van der Waals surface area contributed by atoms with Crippen molar-refractivity contribution >= 4 is 5.97 Å². The zero-order chi connectivity index (χ0) is 23.6. The summed E-state index contributed by atoms with van der Waals surface area (Å²) in [5.41, 5.74) is 0. The number of rotatable bonds is 11. The molecule has 0 bridgehead atoms. The van der Waals surface area contributed by atoms with Crippen molar-refractivity contribution in [2.75, 3.05) is 6.61 Å². The lowest BCUT2D eigenvalue weighted by Crippen LogP contribution is -2.30. The highest BCUT2D eigenvalue weighted by atomic mass is 19.2. The van der Waals surface area contributed by atoms with Crippen LogP contribution in [0.25, 0.3) is 0 Å². The van der Waals surface area contributed by atoms with E-state index in [1.165, 1.54) is 63.5 Å².